The fourth-order valence-corrected chi connectivity index (χ4v) is 1.63. The lowest BCUT2D eigenvalue weighted by Crippen LogP contribution is -1.89. The maximum Gasteiger partial charge on any atom is 0.0705 e. The summed E-state index contributed by atoms with van der Waals surface area (Å²) < 4.78 is 0. The van der Waals surface area contributed by atoms with Crippen LogP contribution in [0.15, 0.2) is 36.4 Å². The minimum atomic E-state index is 0.743. The van der Waals surface area contributed by atoms with Gasteiger partial charge in [-0.2, -0.15) is 0 Å². The van der Waals surface area contributed by atoms with Crippen LogP contribution in [0.2, 0.25) is 5.02 Å². The Balaban J connectivity index is 2.50. The average molecular weight is 218 g/mol. The lowest BCUT2D eigenvalue weighted by atomic mass is 10.1. The van der Waals surface area contributed by atoms with Gasteiger partial charge in [-0.25, -0.2) is 0 Å². The summed E-state index contributed by atoms with van der Waals surface area (Å²) in [5.41, 5.74) is 4.31. The van der Waals surface area contributed by atoms with Crippen LogP contribution >= 0.6 is 11.6 Å². The highest BCUT2D eigenvalue weighted by Crippen LogP contribution is 2.21. The minimum absolute atomic E-state index is 0.743. The molecule has 0 saturated heterocycles. The number of rotatable bonds is 1. The number of aryl methyl sites for hydroxylation is 2. The molecule has 0 aliphatic heterocycles. The number of aromatic nitrogens is 1. The van der Waals surface area contributed by atoms with Crippen LogP contribution in [0.5, 0.6) is 0 Å². The predicted octanol–water partition coefficient (Wildman–Crippen LogP) is 4.02. The van der Waals surface area contributed by atoms with E-state index in [0.717, 1.165) is 22.0 Å². The Morgan fingerprint density at radius 1 is 1.07 bits per heavy atom. The van der Waals surface area contributed by atoms with E-state index in [1.807, 2.05) is 37.3 Å². The number of nitrogens with zero attached hydrogens (tertiary/aromatic N) is 1. The van der Waals surface area contributed by atoms with Gasteiger partial charge >= 0.3 is 0 Å². The summed E-state index contributed by atoms with van der Waals surface area (Å²) in [5.74, 6) is 0. The van der Waals surface area contributed by atoms with Gasteiger partial charge in [0.15, 0.2) is 0 Å². The summed E-state index contributed by atoms with van der Waals surface area (Å²) in [4.78, 5) is 4.53. The van der Waals surface area contributed by atoms with Gasteiger partial charge in [0.05, 0.1) is 5.69 Å². The Hall–Kier alpha value is -1.34. The zero-order chi connectivity index (χ0) is 10.8. The molecule has 2 rings (SSSR count). The third kappa shape index (κ3) is 2.18. The molecule has 0 spiro atoms. The zero-order valence-electron chi connectivity index (χ0n) is 8.79. The van der Waals surface area contributed by atoms with E-state index in [2.05, 4.69) is 18.0 Å². The quantitative estimate of drug-likeness (QED) is 0.703. The fourth-order valence-electron chi connectivity index (χ4n) is 1.44. The Morgan fingerprint density at radius 3 is 2.53 bits per heavy atom. The fraction of sp³-hybridized carbons (Fsp3) is 0.154. The van der Waals surface area contributed by atoms with Crippen molar-refractivity contribution in [3.05, 3.63) is 52.7 Å². The molecule has 0 unspecified atom stereocenters. The van der Waals surface area contributed by atoms with E-state index in [-0.39, 0.29) is 0 Å². The van der Waals surface area contributed by atoms with Crippen LogP contribution in [0.1, 0.15) is 11.3 Å². The van der Waals surface area contributed by atoms with Crippen LogP contribution < -0.4 is 0 Å². The van der Waals surface area contributed by atoms with Gasteiger partial charge in [-0.05, 0) is 37.6 Å². The molecule has 1 aromatic carbocycles. The Labute approximate surface area is 94.7 Å². The highest BCUT2D eigenvalue weighted by atomic mass is 35.5. The van der Waals surface area contributed by atoms with Gasteiger partial charge in [-0.1, -0.05) is 29.8 Å². The second-order valence-corrected chi connectivity index (χ2v) is 4.05. The van der Waals surface area contributed by atoms with E-state index in [0.29, 0.717) is 0 Å². The second kappa shape index (κ2) is 4.03. The Kier molecular flexibility index (Phi) is 2.74. The van der Waals surface area contributed by atoms with E-state index in [9.17, 15) is 0 Å². The van der Waals surface area contributed by atoms with Gasteiger partial charge in [0.1, 0.15) is 0 Å². The molecule has 1 aromatic heterocycles. The highest BCUT2D eigenvalue weighted by Gasteiger charge is 2.01. The number of hydrogen-bond acceptors (Lipinski definition) is 1. The highest BCUT2D eigenvalue weighted by molar-refractivity contribution is 6.30. The molecule has 0 fully saturated rings. The second-order valence-electron chi connectivity index (χ2n) is 3.61. The van der Waals surface area contributed by atoms with Crippen LogP contribution in [-0.4, -0.2) is 4.98 Å². The normalized spacial score (nSPS) is 10.3. The smallest absolute Gasteiger partial charge is 0.0705 e. The lowest BCUT2D eigenvalue weighted by molar-refractivity contribution is 1.15. The molecule has 0 atom stereocenters. The lowest BCUT2D eigenvalue weighted by Gasteiger charge is -2.04. The topological polar surface area (TPSA) is 12.9 Å². The van der Waals surface area contributed by atoms with Crippen LogP contribution in [-0.2, 0) is 0 Å². The van der Waals surface area contributed by atoms with E-state index >= 15 is 0 Å². The van der Waals surface area contributed by atoms with Gasteiger partial charge < -0.3 is 0 Å². The predicted molar refractivity (Wildman–Crippen MR) is 64.2 cm³/mol. The van der Waals surface area contributed by atoms with Gasteiger partial charge in [-0.15, -0.1) is 0 Å². The first-order chi connectivity index (χ1) is 7.16. The first kappa shape index (κ1) is 10.2. The average Bonchev–Trinajstić information content (AvgIpc) is 2.22. The summed E-state index contributed by atoms with van der Waals surface area (Å²) in [7, 11) is 0. The largest absolute Gasteiger partial charge is 0.253 e. The molecular formula is C13H12ClN. The molecule has 0 amide bonds. The van der Waals surface area contributed by atoms with Gasteiger partial charge in [0.2, 0.25) is 0 Å². The van der Waals surface area contributed by atoms with E-state index < -0.39 is 0 Å². The van der Waals surface area contributed by atoms with Crippen LogP contribution in [0, 0.1) is 13.8 Å². The van der Waals surface area contributed by atoms with Crippen molar-refractivity contribution in [2.75, 3.05) is 0 Å². The summed E-state index contributed by atoms with van der Waals surface area (Å²) in [6.07, 6.45) is 0. The van der Waals surface area contributed by atoms with Gasteiger partial charge in [-0.3, -0.25) is 4.98 Å². The number of halogens is 1. The van der Waals surface area contributed by atoms with Crippen molar-refractivity contribution in [1.29, 1.82) is 0 Å². The first-order valence-electron chi connectivity index (χ1n) is 4.87. The molecule has 0 aliphatic rings. The van der Waals surface area contributed by atoms with E-state index in [1.165, 1.54) is 5.56 Å². The molecule has 1 nitrogen and oxygen atoms in total. The summed E-state index contributed by atoms with van der Waals surface area (Å²) in [5, 5.41) is 0.743. The third-order valence-electron chi connectivity index (χ3n) is 2.47. The van der Waals surface area contributed by atoms with Crippen LogP contribution in [0.4, 0.5) is 0 Å². The van der Waals surface area contributed by atoms with E-state index in [1.54, 1.807) is 0 Å². The Morgan fingerprint density at radius 2 is 1.87 bits per heavy atom. The summed E-state index contributed by atoms with van der Waals surface area (Å²) in [6.45, 7) is 4.08. The third-order valence-corrected chi connectivity index (χ3v) is 2.71. The minimum Gasteiger partial charge on any atom is -0.253 e. The maximum absolute atomic E-state index is 5.94. The summed E-state index contributed by atoms with van der Waals surface area (Å²) in [6, 6.07) is 11.9. The number of hydrogen-bond donors (Lipinski definition) is 0. The van der Waals surface area contributed by atoms with E-state index in [4.69, 9.17) is 11.6 Å². The van der Waals surface area contributed by atoms with Crippen LogP contribution in [0.25, 0.3) is 11.3 Å². The zero-order valence-corrected chi connectivity index (χ0v) is 9.55. The van der Waals surface area contributed by atoms with Crippen molar-refractivity contribution in [2.24, 2.45) is 0 Å². The molecule has 1 heterocycles. The van der Waals surface area contributed by atoms with Crippen molar-refractivity contribution >= 4 is 11.6 Å². The SMILES string of the molecule is Cc1ccc(-c2cccc(Cl)c2)nc1C. The standard InChI is InChI=1S/C13H12ClN/c1-9-6-7-13(15-10(9)2)11-4-3-5-12(14)8-11/h3-8H,1-2H3. The molecule has 76 valence electrons. The van der Waals surface area contributed by atoms with Crippen LogP contribution in [0.3, 0.4) is 0 Å². The van der Waals surface area contributed by atoms with Crippen molar-refractivity contribution in [3.63, 3.8) is 0 Å². The number of pyridine rings is 1. The van der Waals surface area contributed by atoms with Gasteiger partial charge in [0, 0.05) is 16.3 Å². The van der Waals surface area contributed by atoms with Crippen molar-refractivity contribution in [1.82, 2.24) is 4.98 Å². The molecule has 2 aromatic rings. The maximum atomic E-state index is 5.94. The molecule has 15 heavy (non-hydrogen) atoms. The van der Waals surface area contributed by atoms with Gasteiger partial charge in [0.25, 0.3) is 0 Å². The Bertz CT molecular complexity index is 492. The van der Waals surface area contributed by atoms with Crippen molar-refractivity contribution in [2.45, 2.75) is 13.8 Å². The van der Waals surface area contributed by atoms with Crippen molar-refractivity contribution < 1.29 is 0 Å². The molecule has 0 N–H and O–H groups in total. The van der Waals surface area contributed by atoms with Crippen molar-refractivity contribution in [3.8, 4) is 11.3 Å². The number of benzene rings is 1. The first-order valence-corrected chi connectivity index (χ1v) is 5.25. The molecule has 0 radical (unpaired) electrons. The molecule has 2 heteroatoms. The molecule has 0 aliphatic carbocycles. The monoisotopic (exact) mass is 217 g/mol. The summed E-state index contributed by atoms with van der Waals surface area (Å²) >= 11 is 5.94. The molecule has 0 saturated carbocycles. The molecular weight excluding hydrogens is 206 g/mol. The molecule has 0 bridgehead atoms.